The van der Waals surface area contributed by atoms with Gasteiger partial charge in [0, 0.05) is 11.8 Å². The highest BCUT2D eigenvalue weighted by Crippen LogP contribution is 2.23. The Labute approximate surface area is 66.2 Å². The minimum Gasteiger partial charge on any atom is -0.477 e. The Kier molecular flexibility index (Phi) is 1.53. The molecule has 11 heavy (non-hydrogen) atoms. The fraction of sp³-hybridized carbons (Fsp3) is 0.444. The number of aromatic nitrogens is 1. The lowest BCUT2D eigenvalue weighted by atomic mass is 10.0. The van der Waals surface area contributed by atoms with Crippen LogP contribution in [0, 0.1) is 5.92 Å². The van der Waals surface area contributed by atoms with Crippen molar-refractivity contribution in [3.8, 4) is 5.88 Å². The highest BCUT2D eigenvalue weighted by molar-refractivity contribution is 5.27. The summed E-state index contributed by atoms with van der Waals surface area (Å²) in [6.45, 7) is 3.00. The lowest BCUT2D eigenvalue weighted by molar-refractivity contribution is 0.224. The molecule has 0 aliphatic carbocycles. The zero-order valence-electron chi connectivity index (χ0n) is 6.58. The van der Waals surface area contributed by atoms with Crippen LogP contribution in [-0.4, -0.2) is 11.6 Å². The zero-order valence-corrected chi connectivity index (χ0v) is 6.58. The maximum atomic E-state index is 5.42. The first-order valence-electron chi connectivity index (χ1n) is 3.93. The van der Waals surface area contributed by atoms with E-state index in [1.54, 1.807) is 6.20 Å². The van der Waals surface area contributed by atoms with E-state index in [4.69, 9.17) is 4.74 Å². The van der Waals surface area contributed by atoms with Crippen molar-refractivity contribution in [3.05, 3.63) is 23.9 Å². The molecule has 1 aromatic rings. The number of hydrogen-bond donors (Lipinski definition) is 0. The van der Waals surface area contributed by atoms with E-state index in [2.05, 4.69) is 18.0 Å². The standard InChI is InChI=1S/C9H11NO/c1-7-5-8-3-2-4-10-9(8)11-6-7/h2-4,7H,5-6H2,1H3. The van der Waals surface area contributed by atoms with Crippen LogP contribution in [0.1, 0.15) is 12.5 Å². The molecule has 0 N–H and O–H groups in total. The fourth-order valence-electron chi connectivity index (χ4n) is 1.36. The van der Waals surface area contributed by atoms with Crippen molar-refractivity contribution in [2.75, 3.05) is 6.61 Å². The Balaban J connectivity index is 2.34. The van der Waals surface area contributed by atoms with Crippen LogP contribution >= 0.6 is 0 Å². The van der Waals surface area contributed by atoms with Crippen molar-refractivity contribution >= 4 is 0 Å². The first kappa shape index (κ1) is 6.65. The van der Waals surface area contributed by atoms with E-state index in [0.717, 1.165) is 18.9 Å². The average molecular weight is 149 g/mol. The minimum atomic E-state index is 0.631. The maximum absolute atomic E-state index is 5.42. The Morgan fingerprint density at radius 1 is 1.64 bits per heavy atom. The minimum absolute atomic E-state index is 0.631. The Morgan fingerprint density at radius 3 is 3.45 bits per heavy atom. The first-order chi connectivity index (χ1) is 5.36. The molecule has 0 aromatic carbocycles. The van der Waals surface area contributed by atoms with Gasteiger partial charge in [-0.1, -0.05) is 13.0 Å². The van der Waals surface area contributed by atoms with Crippen LogP contribution in [0.4, 0.5) is 0 Å². The van der Waals surface area contributed by atoms with Gasteiger partial charge in [-0.05, 0) is 18.4 Å². The molecule has 58 valence electrons. The monoisotopic (exact) mass is 149 g/mol. The first-order valence-corrected chi connectivity index (χ1v) is 3.93. The molecule has 2 heteroatoms. The van der Waals surface area contributed by atoms with Crippen LogP contribution in [0.3, 0.4) is 0 Å². The largest absolute Gasteiger partial charge is 0.477 e. The van der Waals surface area contributed by atoms with E-state index >= 15 is 0 Å². The van der Waals surface area contributed by atoms with Gasteiger partial charge >= 0.3 is 0 Å². The number of nitrogens with zero attached hydrogens (tertiary/aromatic N) is 1. The van der Waals surface area contributed by atoms with Crippen LogP contribution in [0.15, 0.2) is 18.3 Å². The Morgan fingerprint density at radius 2 is 2.55 bits per heavy atom. The van der Waals surface area contributed by atoms with Crippen molar-refractivity contribution in [1.82, 2.24) is 4.98 Å². The van der Waals surface area contributed by atoms with Gasteiger partial charge in [-0.3, -0.25) is 0 Å². The number of pyridine rings is 1. The van der Waals surface area contributed by atoms with Crippen molar-refractivity contribution in [1.29, 1.82) is 0 Å². The molecule has 1 aliphatic rings. The molecule has 0 bridgehead atoms. The van der Waals surface area contributed by atoms with Crippen LogP contribution in [0.5, 0.6) is 5.88 Å². The van der Waals surface area contributed by atoms with E-state index in [1.807, 2.05) is 6.07 Å². The summed E-state index contributed by atoms with van der Waals surface area (Å²) >= 11 is 0. The fourth-order valence-corrected chi connectivity index (χ4v) is 1.36. The van der Waals surface area contributed by atoms with Crippen LogP contribution in [-0.2, 0) is 6.42 Å². The predicted octanol–water partition coefficient (Wildman–Crippen LogP) is 1.65. The number of hydrogen-bond acceptors (Lipinski definition) is 2. The molecule has 2 nitrogen and oxygen atoms in total. The molecule has 1 atom stereocenters. The van der Waals surface area contributed by atoms with E-state index in [0.29, 0.717) is 5.92 Å². The maximum Gasteiger partial charge on any atom is 0.216 e. The van der Waals surface area contributed by atoms with Crippen LogP contribution < -0.4 is 4.74 Å². The van der Waals surface area contributed by atoms with E-state index in [-0.39, 0.29) is 0 Å². The van der Waals surface area contributed by atoms with Crippen molar-refractivity contribution in [2.45, 2.75) is 13.3 Å². The highest BCUT2D eigenvalue weighted by Gasteiger charge is 2.15. The molecule has 2 rings (SSSR count). The van der Waals surface area contributed by atoms with Gasteiger partial charge in [0.25, 0.3) is 0 Å². The van der Waals surface area contributed by atoms with Crippen LogP contribution in [0.25, 0.3) is 0 Å². The summed E-state index contributed by atoms with van der Waals surface area (Å²) in [5, 5.41) is 0. The third-order valence-electron chi connectivity index (χ3n) is 1.92. The second kappa shape index (κ2) is 2.53. The van der Waals surface area contributed by atoms with Gasteiger partial charge < -0.3 is 4.74 Å². The molecule has 1 unspecified atom stereocenters. The normalized spacial score (nSPS) is 22.1. The second-order valence-electron chi connectivity index (χ2n) is 3.09. The molecule has 0 saturated carbocycles. The second-order valence-corrected chi connectivity index (χ2v) is 3.09. The molecule has 2 heterocycles. The van der Waals surface area contributed by atoms with Crippen molar-refractivity contribution < 1.29 is 4.74 Å². The predicted molar refractivity (Wildman–Crippen MR) is 42.6 cm³/mol. The van der Waals surface area contributed by atoms with E-state index in [9.17, 15) is 0 Å². The lowest BCUT2D eigenvalue weighted by Gasteiger charge is -2.20. The average Bonchev–Trinajstić information content (AvgIpc) is 2.04. The summed E-state index contributed by atoms with van der Waals surface area (Å²) in [5.41, 5.74) is 1.24. The molecular weight excluding hydrogens is 138 g/mol. The molecule has 0 amide bonds. The summed E-state index contributed by atoms with van der Waals surface area (Å²) in [5.74, 6) is 1.46. The number of rotatable bonds is 0. The zero-order chi connectivity index (χ0) is 7.68. The van der Waals surface area contributed by atoms with Gasteiger partial charge in [0.15, 0.2) is 0 Å². The van der Waals surface area contributed by atoms with Crippen molar-refractivity contribution in [3.63, 3.8) is 0 Å². The van der Waals surface area contributed by atoms with Gasteiger partial charge in [0.1, 0.15) is 0 Å². The van der Waals surface area contributed by atoms with Crippen LogP contribution in [0.2, 0.25) is 0 Å². The van der Waals surface area contributed by atoms with Crippen molar-refractivity contribution in [2.24, 2.45) is 5.92 Å². The van der Waals surface area contributed by atoms with Gasteiger partial charge in [0.2, 0.25) is 5.88 Å². The third-order valence-corrected chi connectivity index (χ3v) is 1.92. The van der Waals surface area contributed by atoms with E-state index in [1.165, 1.54) is 5.56 Å². The van der Waals surface area contributed by atoms with Gasteiger partial charge in [0.05, 0.1) is 6.61 Å². The Bertz CT molecular complexity index is 259. The SMILES string of the molecule is CC1COc2ncccc2C1. The Hall–Kier alpha value is -1.05. The molecular formula is C9H11NO. The summed E-state index contributed by atoms with van der Waals surface area (Å²) in [7, 11) is 0. The van der Waals surface area contributed by atoms with Gasteiger partial charge in [-0.15, -0.1) is 0 Å². The smallest absolute Gasteiger partial charge is 0.216 e. The molecule has 1 aromatic heterocycles. The van der Waals surface area contributed by atoms with Gasteiger partial charge in [-0.2, -0.15) is 0 Å². The number of ether oxygens (including phenoxy) is 1. The molecule has 0 radical (unpaired) electrons. The summed E-state index contributed by atoms with van der Waals surface area (Å²) in [6, 6.07) is 4.04. The summed E-state index contributed by atoms with van der Waals surface area (Å²) in [4.78, 5) is 4.13. The lowest BCUT2D eigenvalue weighted by Crippen LogP contribution is -2.18. The third kappa shape index (κ3) is 1.20. The molecule has 0 saturated heterocycles. The summed E-state index contributed by atoms with van der Waals surface area (Å²) in [6.07, 6.45) is 2.87. The topological polar surface area (TPSA) is 22.1 Å². The molecule has 1 aliphatic heterocycles. The van der Waals surface area contributed by atoms with Gasteiger partial charge in [-0.25, -0.2) is 4.98 Å². The molecule has 0 fully saturated rings. The quantitative estimate of drug-likeness (QED) is 0.559. The summed E-state index contributed by atoms with van der Waals surface area (Å²) < 4.78 is 5.42. The number of fused-ring (bicyclic) bond motifs is 1. The van der Waals surface area contributed by atoms with E-state index < -0.39 is 0 Å². The molecule has 0 spiro atoms. The highest BCUT2D eigenvalue weighted by atomic mass is 16.5.